The number of aromatic nitrogens is 3. The molecule has 4 saturated carbocycles. The average Bonchev–Trinajstić information content (AvgIpc) is 3.16. The van der Waals surface area contributed by atoms with Gasteiger partial charge in [-0.05, 0) is 68.9 Å². The standard InChI is InChI=1S/C18H21ClF3N5O2/c1-10-3-17(29,18(20,21)22)27(24-10)13(28)15-4-11-2-12(5-15)7-16(6-11,8-15)26-9-23-14(19)25-26/h9,11-12,29H,2-8H2,1H3/t11-,12-,15?,16?,17+/m0/s1. The van der Waals surface area contributed by atoms with E-state index in [4.69, 9.17) is 11.6 Å². The number of alkyl halides is 3. The Balaban J connectivity index is 1.55. The van der Waals surface area contributed by atoms with E-state index in [1.807, 2.05) is 0 Å². The largest absolute Gasteiger partial charge is 0.438 e. The van der Waals surface area contributed by atoms with Crippen molar-refractivity contribution in [3.8, 4) is 0 Å². The summed E-state index contributed by atoms with van der Waals surface area (Å²) in [5, 5.41) is 19.0. The van der Waals surface area contributed by atoms with Crippen molar-refractivity contribution < 1.29 is 23.1 Å². The summed E-state index contributed by atoms with van der Waals surface area (Å²) in [5.74, 6) is -0.330. The molecule has 6 rings (SSSR count). The maximum atomic E-state index is 13.7. The Kier molecular flexibility index (Phi) is 3.80. The molecule has 0 aromatic carbocycles. The molecule has 158 valence electrons. The van der Waals surface area contributed by atoms with Gasteiger partial charge in [0.25, 0.3) is 11.6 Å². The van der Waals surface area contributed by atoms with Crippen molar-refractivity contribution in [3.05, 3.63) is 11.6 Å². The third-order valence-electron chi connectivity index (χ3n) is 7.20. The zero-order valence-electron chi connectivity index (χ0n) is 15.8. The number of carbonyl (C=O) groups is 1. The van der Waals surface area contributed by atoms with E-state index in [0.29, 0.717) is 24.3 Å². The first-order chi connectivity index (χ1) is 13.5. The lowest BCUT2D eigenvalue weighted by Crippen LogP contribution is -2.65. The molecule has 3 atom stereocenters. The van der Waals surface area contributed by atoms with Gasteiger partial charge in [0.15, 0.2) is 0 Å². The van der Waals surface area contributed by atoms with E-state index < -0.39 is 35.2 Å². The van der Waals surface area contributed by atoms with E-state index in [0.717, 1.165) is 19.3 Å². The summed E-state index contributed by atoms with van der Waals surface area (Å²) in [6.07, 6.45) is -0.281. The van der Waals surface area contributed by atoms with E-state index in [1.54, 1.807) is 4.68 Å². The minimum Gasteiger partial charge on any atom is -0.362 e. The lowest BCUT2D eigenvalue weighted by Gasteiger charge is -2.61. The fourth-order valence-corrected chi connectivity index (χ4v) is 6.71. The molecule has 4 fully saturated rings. The van der Waals surface area contributed by atoms with Crippen LogP contribution in [0.25, 0.3) is 0 Å². The zero-order chi connectivity index (χ0) is 20.8. The summed E-state index contributed by atoms with van der Waals surface area (Å²) >= 11 is 5.91. The van der Waals surface area contributed by atoms with Crippen LogP contribution in [0.3, 0.4) is 0 Å². The predicted octanol–water partition coefficient (Wildman–Crippen LogP) is 3.09. The van der Waals surface area contributed by atoms with E-state index in [9.17, 15) is 23.1 Å². The molecule has 4 aliphatic carbocycles. The van der Waals surface area contributed by atoms with Crippen molar-refractivity contribution in [2.45, 2.75) is 69.3 Å². The number of halogens is 4. The molecule has 2 heterocycles. The Morgan fingerprint density at radius 3 is 2.48 bits per heavy atom. The van der Waals surface area contributed by atoms with Crippen molar-refractivity contribution in [1.82, 2.24) is 19.8 Å². The number of hydrazone groups is 1. The normalized spacial score (nSPS) is 41.2. The number of aliphatic hydroxyl groups is 1. The third-order valence-corrected chi connectivity index (χ3v) is 7.38. The molecule has 1 aromatic rings. The van der Waals surface area contributed by atoms with Crippen molar-refractivity contribution in [2.24, 2.45) is 22.4 Å². The lowest BCUT2D eigenvalue weighted by molar-refractivity contribution is -0.305. The second-order valence-corrected chi connectivity index (χ2v) is 9.71. The molecule has 1 aliphatic heterocycles. The number of nitrogens with zero attached hydrogens (tertiary/aromatic N) is 5. The molecule has 0 radical (unpaired) electrons. The van der Waals surface area contributed by atoms with Crippen LogP contribution >= 0.6 is 11.6 Å². The first-order valence-electron chi connectivity index (χ1n) is 9.72. The summed E-state index contributed by atoms with van der Waals surface area (Å²) in [6, 6.07) is 0. The van der Waals surface area contributed by atoms with Crippen LogP contribution < -0.4 is 0 Å². The van der Waals surface area contributed by atoms with Gasteiger partial charge in [-0.25, -0.2) is 9.67 Å². The molecule has 5 aliphatic rings. The van der Waals surface area contributed by atoms with E-state index in [1.165, 1.54) is 13.3 Å². The SMILES string of the molecule is CC1=NN(C(=O)C23C[C@@H]4C[C@@H](C2)CC(n2cnc(Cl)n2)(C4)C3)[C@](O)(C(F)(F)F)C1. The average molecular weight is 432 g/mol. The van der Waals surface area contributed by atoms with Gasteiger partial charge in [0.05, 0.1) is 11.0 Å². The van der Waals surface area contributed by atoms with Gasteiger partial charge in [0, 0.05) is 12.1 Å². The van der Waals surface area contributed by atoms with Gasteiger partial charge in [-0.2, -0.15) is 23.3 Å². The maximum absolute atomic E-state index is 13.7. The van der Waals surface area contributed by atoms with Gasteiger partial charge in [0.1, 0.15) is 6.33 Å². The van der Waals surface area contributed by atoms with Crippen molar-refractivity contribution in [1.29, 1.82) is 0 Å². The molecule has 7 nitrogen and oxygen atoms in total. The molecular formula is C18H21ClF3N5O2. The second-order valence-electron chi connectivity index (χ2n) is 9.37. The summed E-state index contributed by atoms with van der Waals surface area (Å²) in [4.78, 5) is 17.6. The molecule has 1 amide bonds. The van der Waals surface area contributed by atoms with Crippen LogP contribution in [-0.4, -0.2) is 48.4 Å². The molecule has 11 heteroatoms. The van der Waals surface area contributed by atoms with Gasteiger partial charge < -0.3 is 5.11 Å². The van der Waals surface area contributed by atoms with Gasteiger partial charge in [-0.3, -0.25) is 4.79 Å². The van der Waals surface area contributed by atoms with Gasteiger partial charge in [0.2, 0.25) is 5.28 Å². The Morgan fingerprint density at radius 1 is 1.28 bits per heavy atom. The summed E-state index contributed by atoms with van der Waals surface area (Å²) in [7, 11) is 0. The Bertz CT molecular complexity index is 902. The quantitative estimate of drug-likeness (QED) is 0.780. The minimum absolute atomic E-state index is 0.0840. The fraction of sp³-hybridized carbons (Fsp3) is 0.778. The van der Waals surface area contributed by atoms with Gasteiger partial charge in [-0.1, -0.05) is 0 Å². The highest BCUT2D eigenvalue weighted by molar-refractivity contribution is 6.28. The number of rotatable bonds is 2. The van der Waals surface area contributed by atoms with Gasteiger partial charge in [-0.15, -0.1) is 5.10 Å². The maximum Gasteiger partial charge on any atom is 0.438 e. The Morgan fingerprint density at radius 2 is 1.93 bits per heavy atom. The fourth-order valence-electron chi connectivity index (χ4n) is 6.58. The Labute approximate surface area is 169 Å². The second kappa shape index (κ2) is 5.72. The molecule has 29 heavy (non-hydrogen) atoms. The summed E-state index contributed by atoms with van der Waals surface area (Å²) in [6.45, 7) is 1.39. The van der Waals surface area contributed by atoms with Gasteiger partial charge >= 0.3 is 6.18 Å². The van der Waals surface area contributed by atoms with Crippen LogP contribution in [-0.2, 0) is 10.3 Å². The van der Waals surface area contributed by atoms with E-state index in [-0.39, 0.29) is 22.8 Å². The molecule has 4 bridgehead atoms. The number of amides is 1. The number of hydrogen-bond acceptors (Lipinski definition) is 5. The topological polar surface area (TPSA) is 83.6 Å². The number of hydrogen-bond donors (Lipinski definition) is 1. The zero-order valence-corrected chi connectivity index (χ0v) is 16.5. The molecule has 1 aromatic heterocycles. The molecule has 0 spiro atoms. The van der Waals surface area contributed by atoms with Crippen LogP contribution in [0.4, 0.5) is 13.2 Å². The molecule has 1 N–H and O–H groups in total. The van der Waals surface area contributed by atoms with Crippen molar-refractivity contribution in [2.75, 3.05) is 0 Å². The lowest BCUT2D eigenvalue weighted by atomic mass is 9.46. The number of carbonyl (C=O) groups excluding carboxylic acids is 1. The smallest absolute Gasteiger partial charge is 0.362 e. The van der Waals surface area contributed by atoms with E-state index >= 15 is 0 Å². The monoisotopic (exact) mass is 431 g/mol. The molecule has 0 unspecified atom stereocenters. The van der Waals surface area contributed by atoms with Crippen LogP contribution in [0.15, 0.2) is 11.4 Å². The molecule has 0 saturated heterocycles. The third kappa shape index (κ3) is 2.60. The molecular weight excluding hydrogens is 411 g/mol. The van der Waals surface area contributed by atoms with Crippen molar-refractivity contribution in [3.63, 3.8) is 0 Å². The first-order valence-corrected chi connectivity index (χ1v) is 10.1. The van der Waals surface area contributed by atoms with Crippen LogP contribution in [0, 0.1) is 17.3 Å². The highest BCUT2D eigenvalue weighted by Gasteiger charge is 2.68. The van der Waals surface area contributed by atoms with Crippen LogP contribution in [0.5, 0.6) is 0 Å². The Hall–Kier alpha value is -1.68. The summed E-state index contributed by atoms with van der Waals surface area (Å²) < 4.78 is 42.8. The highest BCUT2D eigenvalue weighted by Crippen LogP contribution is 2.65. The highest BCUT2D eigenvalue weighted by atomic mass is 35.5. The first kappa shape index (κ1) is 19.3. The summed E-state index contributed by atoms with van der Waals surface area (Å²) in [5.41, 5.74) is -4.70. The van der Waals surface area contributed by atoms with Crippen LogP contribution in [0.2, 0.25) is 5.28 Å². The minimum atomic E-state index is -5.00. The predicted molar refractivity (Wildman–Crippen MR) is 95.7 cm³/mol. The van der Waals surface area contributed by atoms with E-state index in [2.05, 4.69) is 15.2 Å². The van der Waals surface area contributed by atoms with Crippen LogP contribution in [0.1, 0.15) is 51.9 Å². The van der Waals surface area contributed by atoms with Crippen molar-refractivity contribution >= 4 is 23.2 Å².